The predicted octanol–water partition coefficient (Wildman–Crippen LogP) is 2.80. The Morgan fingerprint density at radius 1 is 1.03 bits per heavy atom. The number of carbonyl (C=O) groups is 2. The molecule has 0 radical (unpaired) electrons. The van der Waals surface area contributed by atoms with Gasteiger partial charge in [0.2, 0.25) is 0 Å². The fourth-order valence-corrected chi connectivity index (χ4v) is 2.23. The molecule has 0 fully saturated rings. The molecule has 0 saturated carbocycles. The minimum absolute atomic E-state index is 0.224. The third kappa shape index (κ3) is 6.84. The molecule has 0 unspecified atom stereocenters. The maximum atomic E-state index is 12.2. The number of methoxy groups -OCH3 is 2. The van der Waals surface area contributed by atoms with E-state index in [2.05, 4.69) is 15.3 Å². The quantitative estimate of drug-likeness (QED) is 0.374. The molecule has 8 heteroatoms. The zero-order valence-corrected chi connectivity index (χ0v) is 16.6. The van der Waals surface area contributed by atoms with Crippen molar-refractivity contribution in [1.29, 1.82) is 0 Å². The number of hydrogen-bond donors (Lipinski definition) is 1. The van der Waals surface area contributed by atoms with Gasteiger partial charge in [-0.15, -0.1) is 0 Å². The minimum Gasteiger partial charge on any atom is -0.494 e. The molecule has 1 amide bonds. The summed E-state index contributed by atoms with van der Waals surface area (Å²) in [7, 11) is 2.77. The summed E-state index contributed by atoms with van der Waals surface area (Å²) in [5, 5.41) is 3.96. The van der Waals surface area contributed by atoms with Crippen LogP contribution in [0.25, 0.3) is 0 Å². The SMILES string of the molecule is CCCOc1ccc(C(=O)N/N=C\c2ccc(OCC(=O)OC)c(OC)c2)cc1. The Bertz CT molecular complexity index is 849. The second-order valence-corrected chi connectivity index (χ2v) is 5.85. The maximum Gasteiger partial charge on any atom is 0.343 e. The molecule has 0 aliphatic rings. The Morgan fingerprint density at radius 2 is 1.79 bits per heavy atom. The first-order valence-electron chi connectivity index (χ1n) is 9.01. The van der Waals surface area contributed by atoms with Crippen molar-refractivity contribution in [1.82, 2.24) is 5.43 Å². The molecule has 0 heterocycles. The van der Waals surface area contributed by atoms with Crippen molar-refractivity contribution < 1.29 is 28.5 Å². The second kappa shape index (κ2) is 11.3. The van der Waals surface area contributed by atoms with E-state index >= 15 is 0 Å². The van der Waals surface area contributed by atoms with Crippen LogP contribution in [0.4, 0.5) is 0 Å². The molecule has 29 heavy (non-hydrogen) atoms. The van der Waals surface area contributed by atoms with Crippen LogP contribution >= 0.6 is 0 Å². The second-order valence-electron chi connectivity index (χ2n) is 5.85. The van der Waals surface area contributed by atoms with E-state index in [1.165, 1.54) is 20.4 Å². The van der Waals surface area contributed by atoms with Crippen LogP contribution in [0.15, 0.2) is 47.6 Å². The average Bonchev–Trinajstić information content (AvgIpc) is 2.76. The Balaban J connectivity index is 1.95. The van der Waals surface area contributed by atoms with Gasteiger partial charge in [0, 0.05) is 5.56 Å². The van der Waals surface area contributed by atoms with Gasteiger partial charge in [-0.2, -0.15) is 5.10 Å². The fraction of sp³-hybridized carbons (Fsp3) is 0.286. The molecule has 0 bridgehead atoms. The molecule has 8 nitrogen and oxygen atoms in total. The van der Waals surface area contributed by atoms with E-state index in [4.69, 9.17) is 14.2 Å². The number of benzene rings is 2. The van der Waals surface area contributed by atoms with Gasteiger partial charge in [-0.3, -0.25) is 4.79 Å². The zero-order valence-electron chi connectivity index (χ0n) is 16.6. The molecule has 0 aliphatic carbocycles. The van der Waals surface area contributed by atoms with Crippen LogP contribution in [0.5, 0.6) is 17.2 Å². The van der Waals surface area contributed by atoms with Crippen molar-refractivity contribution in [3.8, 4) is 17.2 Å². The Morgan fingerprint density at radius 3 is 2.45 bits per heavy atom. The molecule has 0 saturated heterocycles. The fourth-order valence-electron chi connectivity index (χ4n) is 2.23. The molecule has 0 spiro atoms. The highest BCUT2D eigenvalue weighted by Crippen LogP contribution is 2.27. The molecule has 2 rings (SSSR count). The Labute approximate surface area is 169 Å². The summed E-state index contributed by atoms with van der Waals surface area (Å²) in [6.07, 6.45) is 2.39. The van der Waals surface area contributed by atoms with Crippen molar-refractivity contribution in [3.05, 3.63) is 53.6 Å². The van der Waals surface area contributed by atoms with Gasteiger partial charge in [-0.25, -0.2) is 10.2 Å². The number of nitrogens with zero attached hydrogens (tertiary/aromatic N) is 1. The molecule has 2 aromatic carbocycles. The summed E-state index contributed by atoms with van der Waals surface area (Å²) in [5.74, 6) is 0.698. The van der Waals surface area contributed by atoms with E-state index in [0.29, 0.717) is 35.0 Å². The van der Waals surface area contributed by atoms with Crippen LogP contribution < -0.4 is 19.6 Å². The zero-order chi connectivity index (χ0) is 21.1. The number of carbonyl (C=O) groups excluding carboxylic acids is 2. The molecule has 0 atom stereocenters. The summed E-state index contributed by atoms with van der Waals surface area (Å²) in [4.78, 5) is 23.3. The first-order valence-corrected chi connectivity index (χ1v) is 9.01. The smallest absolute Gasteiger partial charge is 0.343 e. The summed E-state index contributed by atoms with van der Waals surface area (Å²) in [6.45, 7) is 2.43. The molecule has 0 aromatic heterocycles. The van der Waals surface area contributed by atoms with Crippen molar-refractivity contribution in [3.63, 3.8) is 0 Å². The first-order chi connectivity index (χ1) is 14.1. The van der Waals surface area contributed by atoms with Crippen molar-refractivity contribution >= 4 is 18.1 Å². The van der Waals surface area contributed by atoms with Gasteiger partial charge in [0.25, 0.3) is 5.91 Å². The summed E-state index contributed by atoms with van der Waals surface area (Å²) < 4.78 is 20.6. The molecular weight excluding hydrogens is 376 g/mol. The average molecular weight is 400 g/mol. The molecule has 154 valence electrons. The summed E-state index contributed by atoms with van der Waals surface area (Å²) in [5.41, 5.74) is 3.61. The van der Waals surface area contributed by atoms with E-state index in [1.807, 2.05) is 6.92 Å². The lowest BCUT2D eigenvalue weighted by molar-refractivity contribution is -0.142. The number of rotatable bonds is 10. The standard InChI is InChI=1S/C21H24N2O6/c1-4-11-28-17-8-6-16(7-9-17)21(25)23-22-13-15-5-10-18(19(12-15)26-2)29-14-20(24)27-3/h5-10,12-13H,4,11,14H2,1-3H3,(H,23,25)/b22-13-. The monoisotopic (exact) mass is 400 g/mol. The predicted molar refractivity (Wildman–Crippen MR) is 108 cm³/mol. The number of hydrazone groups is 1. The van der Waals surface area contributed by atoms with Crippen LogP contribution in [0.1, 0.15) is 29.3 Å². The van der Waals surface area contributed by atoms with E-state index in [9.17, 15) is 9.59 Å². The molecular formula is C21H24N2O6. The van der Waals surface area contributed by atoms with Crippen molar-refractivity contribution in [2.24, 2.45) is 5.10 Å². The topological polar surface area (TPSA) is 95.5 Å². The van der Waals surface area contributed by atoms with E-state index in [1.54, 1.807) is 42.5 Å². The Hall–Kier alpha value is -3.55. The van der Waals surface area contributed by atoms with Gasteiger partial charge in [-0.05, 0) is 54.4 Å². The normalized spacial score (nSPS) is 10.4. The third-order valence-corrected chi connectivity index (χ3v) is 3.73. The van der Waals surface area contributed by atoms with Crippen molar-refractivity contribution in [2.75, 3.05) is 27.4 Å². The molecule has 0 aliphatic heterocycles. The summed E-state index contributed by atoms with van der Waals surface area (Å²) >= 11 is 0. The number of esters is 1. The first kappa shape index (κ1) is 21.7. The van der Waals surface area contributed by atoms with Crippen molar-refractivity contribution in [2.45, 2.75) is 13.3 Å². The van der Waals surface area contributed by atoms with E-state index in [0.717, 1.165) is 6.42 Å². The number of hydrogen-bond acceptors (Lipinski definition) is 7. The number of amides is 1. The van der Waals surface area contributed by atoms with Crippen LogP contribution in [0, 0.1) is 0 Å². The lowest BCUT2D eigenvalue weighted by atomic mass is 10.2. The van der Waals surface area contributed by atoms with Gasteiger partial charge >= 0.3 is 5.97 Å². The third-order valence-electron chi connectivity index (χ3n) is 3.73. The Kier molecular flexibility index (Phi) is 8.50. The molecule has 2 aromatic rings. The van der Waals surface area contributed by atoms with Crippen LogP contribution in [-0.2, 0) is 9.53 Å². The van der Waals surface area contributed by atoms with E-state index in [-0.39, 0.29) is 12.5 Å². The highest BCUT2D eigenvalue weighted by atomic mass is 16.6. The molecule has 1 N–H and O–H groups in total. The minimum atomic E-state index is -0.495. The van der Waals surface area contributed by atoms with Gasteiger partial charge in [0.1, 0.15) is 5.75 Å². The van der Waals surface area contributed by atoms with Crippen LogP contribution in [0.2, 0.25) is 0 Å². The highest BCUT2D eigenvalue weighted by molar-refractivity contribution is 5.95. The highest BCUT2D eigenvalue weighted by Gasteiger charge is 2.08. The summed E-state index contributed by atoms with van der Waals surface area (Å²) in [6, 6.07) is 11.9. The lowest BCUT2D eigenvalue weighted by Crippen LogP contribution is -2.17. The van der Waals surface area contributed by atoms with Crippen LogP contribution in [-0.4, -0.2) is 45.5 Å². The van der Waals surface area contributed by atoms with Gasteiger partial charge in [-0.1, -0.05) is 6.92 Å². The number of ether oxygens (including phenoxy) is 4. The van der Waals surface area contributed by atoms with Crippen LogP contribution in [0.3, 0.4) is 0 Å². The maximum absolute atomic E-state index is 12.2. The van der Waals surface area contributed by atoms with E-state index < -0.39 is 5.97 Å². The lowest BCUT2D eigenvalue weighted by Gasteiger charge is -2.10. The number of nitrogens with one attached hydrogen (secondary N) is 1. The van der Waals surface area contributed by atoms with Gasteiger partial charge < -0.3 is 18.9 Å². The van der Waals surface area contributed by atoms with Gasteiger partial charge in [0.05, 0.1) is 27.0 Å². The largest absolute Gasteiger partial charge is 0.494 e. The van der Waals surface area contributed by atoms with Gasteiger partial charge in [0.15, 0.2) is 18.1 Å².